The Morgan fingerprint density at radius 1 is 1.03 bits per heavy atom. The highest BCUT2D eigenvalue weighted by Gasteiger charge is 2.32. The number of anilines is 1. The van der Waals surface area contributed by atoms with Crippen molar-refractivity contribution in [3.05, 3.63) is 87.3 Å². The summed E-state index contributed by atoms with van der Waals surface area (Å²) in [5, 5.41) is 6.67. The fraction of sp³-hybridized carbons (Fsp3) is 0.240. The summed E-state index contributed by atoms with van der Waals surface area (Å²) in [5.41, 5.74) is 2.58. The van der Waals surface area contributed by atoms with Gasteiger partial charge in [-0.15, -0.1) is 11.3 Å². The van der Waals surface area contributed by atoms with Crippen molar-refractivity contribution >= 4 is 45.5 Å². The van der Waals surface area contributed by atoms with E-state index >= 15 is 0 Å². The maximum Gasteiger partial charge on any atom is 0.265 e. The number of carbonyl (C=O) groups is 1. The lowest BCUT2D eigenvalue weighted by Gasteiger charge is -2.37. The average molecular weight is 466 g/mol. The van der Waals surface area contributed by atoms with Crippen LogP contribution in [0.3, 0.4) is 0 Å². The molecule has 1 atom stereocenters. The predicted octanol–water partition coefficient (Wildman–Crippen LogP) is 5.74. The zero-order chi connectivity index (χ0) is 22.1. The van der Waals surface area contributed by atoms with Crippen molar-refractivity contribution in [1.82, 2.24) is 9.80 Å². The van der Waals surface area contributed by atoms with Gasteiger partial charge in [-0.2, -0.15) is 0 Å². The van der Waals surface area contributed by atoms with Gasteiger partial charge in [-0.05, 0) is 48.3 Å². The molecule has 1 N–H and O–H groups in total. The molecule has 2 aromatic carbocycles. The number of hydrogen-bond acceptors (Lipinski definition) is 5. The van der Waals surface area contributed by atoms with Crippen LogP contribution < -0.4 is 5.32 Å². The van der Waals surface area contributed by atoms with E-state index in [1.54, 1.807) is 0 Å². The molecule has 1 aliphatic heterocycles. The molecule has 0 unspecified atom stereocenters. The maximum atomic E-state index is 13.0. The molecule has 5 rings (SSSR count). The third-order valence-corrected chi connectivity index (χ3v) is 7.06. The van der Waals surface area contributed by atoms with Crippen LogP contribution in [0.15, 0.2) is 70.5 Å². The summed E-state index contributed by atoms with van der Waals surface area (Å²) in [6.07, 6.45) is 0. The first-order chi connectivity index (χ1) is 15.6. The third-order valence-electron chi connectivity index (χ3n) is 5.94. The number of nitrogens with zero attached hydrogens (tertiary/aromatic N) is 2. The highest BCUT2D eigenvalue weighted by Crippen LogP contribution is 2.41. The van der Waals surface area contributed by atoms with Gasteiger partial charge in [0.05, 0.1) is 16.6 Å². The van der Waals surface area contributed by atoms with Crippen LogP contribution in [0.5, 0.6) is 0 Å². The number of halogens is 1. The smallest absolute Gasteiger partial charge is 0.265 e. The number of hydrogen-bond donors (Lipinski definition) is 1. The molecule has 0 aliphatic carbocycles. The second-order valence-electron chi connectivity index (χ2n) is 8.06. The SMILES string of the molecule is CN1CCN([C@H](c2ccc(Cl)cc2)c2oc3ccccc3c2NC(=O)c2cccs2)CC1. The number of likely N-dealkylation sites (N-methyl/N-ethyl adjacent to an activating group) is 1. The molecule has 1 aliphatic rings. The minimum absolute atomic E-state index is 0.124. The highest BCUT2D eigenvalue weighted by molar-refractivity contribution is 7.12. The van der Waals surface area contributed by atoms with Gasteiger partial charge in [-0.25, -0.2) is 0 Å². The number of para-hydroxylation sites is 1. The molecule has 32 heavy (non-hydrogen) atoms. The van der Waals surface area contributed by atoms with Gasteiger partial charge < -0.3 is 14.6 Å². The van der Waals surface area contributed by atoms with E-state index in [9.17, 15) is 4.79 Å². The van der Waals surface area contributed by atoms with Gasteiger partial charge in [0, 0.05) is 36.6 Å². The lowest BCUT2D eigenvalue weighted by molar-refractivity contribution is 0.102. The van der Waals surface area contributed by atoms with E-state index in [2.05, 4.69) is 22.2 Å². The molecule has 1 fully saturated rings. The van der Waals surface area contributed by atoms with Crippen LogP contribution >= 0.6 is 22.9 Å². The van der Waals surface area contributed by atoms with Crippen LogP contribution in [-0.2, 0) is 0 Å². The molecule has 0 spiro atoms. The minimum Gasteiger partial charge on any atom is -0.457 e. The molecule has 1 saturated heterocycles. The normalized spacial score (nSPS) is 16.3. The largest absolute Gasteiger partial charge is 0.457 e. The van der Waals surface area contributed by atoms with Gasteiger partial charge in [0.1, 0.15) is 11.3 Å². The van der Waals surface area contributed by atoms with Gasteiger partial charge in [0.15, 0.2) is 0 Å². The topological polar surface area (TPSA) is 48.7 Å². The number of amides is 1. The monoisotopic (exact) mass is 465 g/mol. The Balaban J connectivity index is 1.63. The van der Waals surface area contributed by atoms with Gasteiger partial charge in [-0.3, -0.25) is 9.69 Å². The van der Waals surface area contributed by atoms with Crippen molar-refractivity contribution in [2.45, 2.75) is 6.04 Å². The molecule has 0 saturated carbocycles. The lowest BCUT2D eigenvalue weighted by Crippen LogP contribution is -2.46. The number of rotatable bonds is 5. The minimum atomic E-state index is -0.132. The van der Waals surface area contributed by atoms with Crippen LogP contribution in [0.1, 0.15) is 27.0 Å². The quantitative estimate of drug-likeness (QED) is 0.408. The van der Waals surface area contributed by atoms with Crippen molar-refractivity contribution in [3.63, 3.8) is 0 Å². The summed E-state index contributed by atoms with van der Waals surface area (Å²) in [6.45, 7) is 3.75. The van der Waals surface area contributed by atoms with Gasteiger partial charge in [-0.1, -0.05) is 41.9 Å². The number of thiophene rings is 1. The number of piperazine rings is 1. The van der Waals surface area contributed by atoms with E-state index in [0.29, 0.717) is 9.90 Å². The average Bonchev–Trinajstić information content (AvgIpc) is 3.46. The van der Waals surface area contributed by atoms with Crippen LogP contribution in [0.4, 0.5) is 5.69 Å². The van der Waals surface area contributed by atoms with Crippen LogP contribution in [-0.4, -0.2) is 48.9 Å². The summed E-state index contributed by atoms with van der Waals surface area (Å²) in [6, 6.07) is 19.4. The highest BCUT2D eigenvalue weighted by atomic mass is 35.5. The van der Waals surface area contributed by atoms with Gasteiger partial charge in [0.25, 0.3) is 5.91 Å². The zero-order valence-corrected chi connectivity index (χ0v) is 19.3. The van der Waals surface area contributed by atoms with E-state index < -0.39 is 0 Å². The van der Waals surface area contributed by atoms with Gasteiger partial charge in [0.2, 0.25) is 0 Å². The Hall–Kier alpha value is -2.64. The standard InChI is InChI=1S/C25H24ClN3O2S/c1-28-12-14-29(15-13-28)23(17-8-10-18(26)11-9-17)24-22(19-5-2-3-6-20(19)31-24)27-25(30)21-7-4-16-32-21/h2-11,16,23H,12-15H2,1H3,(H,27,30)/t23-/m1/s1. The van der Waals surface area contributed by atoms with Crippen LogP contribution in [0.2, 0.25) is 5.02 Å². The lowest BCUT2D eigenvalue weighted by atomic mass is 10.00. The van der Waals surface area contributed by atoms with Crippen molar-refractivity contribution < 1.29 is 9.21 Å². The molecule has 1 amide bonds. The van der Waals surface area contributed by atoms with Gasteiger partial charge >= 0.3 is 0 Å². The summed E-state index contributed by atoms with van der Waals surface area (Å²) in [4.78, 5) is 18.4. The van der Waals surface area contributed by atoms with E-state index in [-0.39, 0.29) is 11.9 Å². The Morgan fingerprint density at radius 3 is 2.50 bits per heavy atom. The third kappa shape index (κ3) is 4.19. The second kappa shape index (κ2) is 9.08. The molecule has 0 radical (unpaired) electrons. The first-order valence-electron chi connectivity index (χ1n) is 10.6. The van der Waals surface area contributed by atoms with Crippen LogP contribution in [0.25, 0.3) is 11.0 Å². The summed E-state index contributed by atoms with van der Waals surface area (Å²) < 4.78 is 6.44. The Bertz CT molecular complexity index is 1210. The molecule has 0 bridgehead atoms. The Labute approximate surface area is 196 Å². The molecule has 4 aromatic rings. The molecule has 164 valence electrons. The predicted molar refractivity (Wildman–Crippen MR) is 131 cm³/mol. The molecule has 3 heterocycles. The number of furan rings is 1. The van der Waals surface area contributed by atoms with E-state index in [1.165, 1.54) is 11.3 Å². The Kier molecular flexibility index (Phi) is 6.02. The van der Waals surface area contributed by atoms with Crippen molar-refractivity contribution in [2.24, 2.45) is 0 Å². The van der Waals surface area contributed by atoms with E-state index in [1.807, 2.05) is 66.0 Å². The number of carbonyl (C=O) groups excluding carboxylic acids is 1. The molecule has 2 aromatic heterocycles. The molecule has 5 nitrogen and oxygen atoms in total. The first kappa shape index (κ1) is 21.2. The maximum absolute atomic E-state index is 13.0. The second-order valence-corrected chi connectivity index (χ2v) is 9.45. The molecule has 7 heteroatoms. The summed E-state index contributed by atoms with van der Waals surface area (Å²) >= 11 is 7.61. The van der Waals surface area contributed by atoms with Crippen molar-refractivity contribution in [1.29, 1.82) is 0 Å². The number of benzene rings is 2. The molecular formula is C25H24ClN3O2S. The van der Waals surface area contributed by atoms with Crippen LogP contribution in [0, 0.1) is 0 Å². The summed E-state index contributed by atoms with van der Waals surface area (Å²) in [7, 11) is 2.14. The van der Waals surface area contributed by atoms with E-state index in [4.69, 9.17) is 16.0 Å². The van der Waals surface area contributed by atoms with E-state index in [0.717, 1.165) is 54.2 Å². The number of nitrogens with one attached hydrogen (secondary N) is 1. The summed E-state index contributed by atoms with van der Waals surface area (Å²) in [5.74, 6) is 0.629. The van der Waals surface area contributed by atoms with Crippen molar-refractivity contribution in [3.8, 4) is 0 Å². The Morgan fingerprint density at radius 2 is 1.78 bits per heavy atom. The van der Waals surface area contributed by atoms with Crippen molar-refractivity contribution in [2.75, 3.05) is 38.5 Å². The zero-order valence-electron chi connectivity index (χ0n) is 17.8. The fourth-order valence-electron chi connectivity index (χ4n) is 4.22. The number of fused-ring (bicyclic) bond motifs is 1. The fourth-order valence-corrected chi connectivity index (χ4v) is 4.97. The first-order valence-corrected chi connectivity index (χ1v) is 11.9. The molecular weight excluding hydrogens is 442 g/mol.